The summed E-state index contributed by atoms with van der Waals surface area (Å²) < 4.78 is 6.01. The molecule has 0 aromatic rings. The van der Waals surface area contributed by atoms with E-state index in [-0.39, 0.29) is 12.1 Å². The van der Waals surface area contributed by atoms with Crippen LogP contribution < -0.4 is 0 Å². The molecule has 1 unspecified atom stereocenters. The molecule has 50 heavy (non-hydrogen) atoms. The van der Waals surface area contributed by atoms with Gasteiger partial charge in [0.1, 0.15) is 6.10 Å². The Morgan fingerprint density at radius 3 is 1.22 bits per heavy atom. The average molecular weight is 706 g/mol. The number of hydrogen-bond acceptors (Lipinski definition) is 3. The van der Waals surface area contributed by atoms with E-state index >= 15 is 0 Å². The molecular formula is C47H95NO2. The monoisotopic (exact) mass is 706 g/mol. The predicted octanol–water partition coefficient (Wildman–Crippen LogP) is 16.1. The van der Waals surface area contributed by atoms with Crippen molar-refractivity contribution >= 4 is 5.97 Å². The molecule has 0 saturated carbocycles. The zero-order valence-electron chi connectivity index (χ0n) is 36.0. The van der Waals surface area contributed by atoms with Crippen LogP contribution >= 0.6 is 0 Å². The van der Waals surface area contributed by atoms with Crippen molar-refractivity contribution in [3.63, 3.8) is 0 Å². The van der Waals surface area contributed by atoms with Crippen LogP contribution in [0.3, 0.4) is 0 Å². The molecule has 3 nitrogen and oxygen atoms in total. The van der Waals surface area contributed by atoms with Gasteiger partial charge in [0.15, 0.2) is 0 Å². The predicted molar refractivity (Wildman–Crippen MR) is 229 cm³/mol. The molecule has 0 aliphatic rings. The highest BCUT2D eigenvalue weighted by Crippen LogP contribution is 2.19. The molecule has 0 rings (SSSR count). The molecule has 0 radical (unpaired) electrons. The Bertz CT molecular complexity index is 656. The maximum atomic E-state index is 12.5. The highest BCUT2D eigenvalue weighted by Gasteiger charge is 2.14. The molecular weight excluding hydrogens is 611 g/mol. The van der Waals surface area contributed by atoms with Crippen LogP contribution in [0.2, 0.25) is 0 Å². The van der Waals surface area contributed by atoms with Gasteiger partial charge in [-0.25, -0.2) is 0 Å². The van der Waals surface area contributed by atoms with Crippen molar-refractivity contribution in [3.8, 4) is 0 Å². The maximum absolute atomic E-state index is 12.5. The van der Waals surface area contributed by atoms with Crippen molar-refractivity contribution < 1.29 is 9.53 Å². The standard InChI is InChI=1S/C43H83NO2.2C2H6/c1-5-7-9-11-13-15-17-19-21-23-25-27-29-31-33-35-38-42(46-43(45)40-37-41-44(3)4)39-36-34-32-30-28-26-24-22-20-18-16-14-12-10-8-6-2;2*1-2/h13,15,19,21,42H,5-12,14,16-18,20,22-41H2,1-4H3;2*1-2H3/b15-13-,21-19-;;. The largest absolute Gasteiger partial charge is 0.462 e. The van der Waals surface area contributed by atoms with Gasteiger partial charge < -0.3 is 9.64 Å². The van der Waals surface area contributed by atoms with Gasteiger partial charge in [-0.2, -0.15) is 0 Å². The normalized spacial score (nSPS) is 11.9. The summed E-state index contributed by atoms with van der Waals surface area (Å²) in [4.78, 5) is 14.7. The van der Waals surface area contributed by atoms with Crippen molar-refractivity contribution in [2.24, 2.45) is 0 Å². The second kappa shape index (κ2) is 50.0. The van der Waals surface area contributed by atoms with Crippen molar-refractivity contribution in [2.75, 3.05) is 20.6 Å². The van der Waals surface area contributed by atoms with Gasteiger partial charge in [0.05, 0.1) is 0 Å². The van der Waals surface area contributed by atoms with Gasteiger partial charge in [0.2, 0.25) is 0 Å². The van der Waals surface area contributed by atoms with Crippen molar-refractivity contribution in [1.82, 2.24) is 4.90 Å². The van der Waals surface area contributed by atoms with Crippen molar-refractivity contribution in [1.29, 1.82) is 0 Å². The van der Waals surface area contributed by atoms with E-state index in [4.69, 9.17) is 4.74 Å². The van der Waals surface area contributed by atoms with Gasteiger partial charge in [-0.15, -0.1) is 0 Å². The Hall–Kier alpha value is -1.09. The first-order chi connectivity index (χ1) is 24.6. The highest BCUT2D eigenvalue weighted by atomic mass is 16.5. The fourth-order valence-corrected chi connectivity index (χ4v) is 6.33. The molecule has 0 amide bonds. The summed E-state index contributed by atoms with van der Waals surface area (Å²) in [7, 11) is 4.13. The second-order valence-electron chi connectivity index (χ2n) is 14.5. The number of unbranched alkanes of at least 4 members (excludes halogenated alkanes) is 24. The molecule has 0 aromatic carbocycles. The molecule has 0 saturated heterocycles. The Balaban J connectivity index is -0.00000531. The van der Waals surface area contributed by atoms with E-state index in [2.05, 4.69) is 57.1 Å². The fraction of sp³-hybridized carbons (Fsp3) is 0.894. The Labute approximate surface area is 317 Å². The molecule has 0 aliphatic heterocycles. The first-order valence-electron chi connectivity index (χ1n) is 22.7. The summed E-state index contributed by atoms with van der Waals surface area (Å²) in [5, 5.41) is 0. The number of ether oxygens (including phenoxy) is 1. The van der Waals surface area contributed by atoms with Crippen LogP contribution in [0, 0.1) is 0 Å². The zero-order valence-corrected chi connectivity index (χ0v) is 36.0. The first kappa shape index (κ1) is 53.3. The SMILES string of the molecule is CC.CC.CCCCC/C=C\C/C=C\CCCCCCCCC(CCCCCCCCCCCCCCCCCC)OC(=O)CCCN(C)C. The lowest BCUT2D eigenvalue weighted by molar-refractivity contribution is -0.150. The summed E-state index contributed by atoms with van der Waals surface area (Å²) >= 11 is 0. The van der Waals surface area contributed by atoms with Gasteiger partial charge in [-0.05, 0) is 84.8 Å². The molecule has 0 aliphatic carbocycles. The molecule has 0 bridgehead atoms. The lowest BCUT2D eigenvalue weighted by atomic mass is 10.0. The fourth-order valence-electron chi connectivity index (χ4n) is 6.33. The topological polar surface area (TPSA) is 29.5 Å². The van der Waals surface area contributed by atoms with Crippen LogP contribution in [0.15, 0.2) is 24.3 Å². The molecule has 1 atom stereocenters. The van der Waals surface area contributed by atoms with Gasteiger partial charge in [0, 0.05) is 6.42 Å². The van der Waals surface area contributed by atoms with Crippen LogP contribution in [0.4, 0.5) is 0 Å². The zero-order chi connectivity index (χ0) is 37.6. The van der Waals surface area contributed by atoms with Crippen LogP contribution in [0.5, 0.6) is 0 Å². The second-order valence-corrected chi connectivity index (χ2v) is 14.5. The minimum atomic E-state index is 0.0170. The average Bonchev–Trinajstić information content (AvgIpc) is 3.12. The highest BCUT2D eigenvalue weighted by molar-refractivity contribution is 5.69. The number of esters is 1. The summed E-state index contributed by atoms with van der Waals surface area (Å²) in [5.74, 6) is 0.0170. The minimum absolute atomic E-state index is 0.0170. The molecule has 0 fully saturated rings. The molecule has 0 N–H and O–H groups in total. The van der Waals surface area contributed by atoms with Crippen molar-refractivity contribution in [2.45, 2.75) is 253 Å². The molecule has 3 heteroatoms. The first-order valence-corrected chi connectivity index (χ1v) is 22.7. The number of hydrogen-bond donors (Lipinski definition) is 0. The summed E-state index contributed by atoms with van der Waals surface area (Å²) in [5.41, 5.74) is 0. The molecule has 0 spiro atoms. The quantitative estimate of drug-likeness (QED) is 0.0366. The third-order valence-electron chi connectivity index (χ3n) is 9.39. The minimum Gasteiger partial charge on any atom is -0.462 e. The number of nitrogens with zero attached hydrogens (tertiary/aromatic N) is 1. The van der Waals surface area contributed by atoms with Gasteiger partial charge in [-0.3, -0.25) is 4.79 Å². The smallest absolute Gasteiger partial charge is 0.306 e. The number of rotatable bonds is 37. The van der Waals surface area contributed by atoms with Gasteiger partial charge in [-0.1, -0.05) is 201 Å². The van der Waals surface area contributed by atoms with E-state index < -0.39 is 0 Å². The van der Waals surface area contributed by atoms with E-state index in [9.17, 15) is 4.79 Å². The number of allylic oxidation sites excluding steroid dienone is 4. The Kier molecular flexibility index (Phi) is 53.3. The van der Waals surface area contributed by atoms with E-state index in [1.807, 2.05) is 27.7 Å². The lowest BCUT2D eigenvalue weighted by Crippen LogP contribution is -2.20. The molecule has 300 valence electrons. The number of carbonyl (C=O) groups is 1. The lowest BCUT2D eigenvalue weighted by Gasteiger charge is -2.18. The summed E-state index contributed by atoms with van der Waals surface area (Å²) in [6.07, 6.45) is 50.7. The van der Waals surface area contributed by atoms with Crippen molar-refractivity contribution in [3.05, 3.63) is 24.3 Å². The third kappa shape index (κ3) is 49.0. The summed E-state index contributed by atoms with van der Waals surface area (Å²) in [6, 6.07) is 0. The van der Waals surface area contributed by atoms with Crippen LogP contribution in [0.1, 0.15) is 247 Å². The van der Waals surface area contributed by atoms with Crippen LogP contribution in [-0.4, -0.2) is 37.6 Å². The maximum Gasteiger partial charge on any atom is 0.306 e. The number of carbonyl (C=O) groups excluding carboxylic acids is 1. The molecule has 0 heterocycles. The van der Waals surface area contributed by atoms with Gasteiger partial charge in [0.25, 0.3) is 0 Å². The third-order valence-corrected chi connectivity index (χ3v) is 9.39. The molecule has 0 aromatic heterocycles. The van der Waals surface area contributed by atoms with E-state index in [1.54, 1.807) is 0 Å². The van der Waals surface area contributed by atoms with E-state index in [0.717, 1.165) is 32.2 Å². The van der Waals surface area contributed by atoms with E-state index in [0.29, 0.717) is 6.42 Å². The van der Waals surface area contributed by atoms with Gasteiger partial charge >= 0.3 is 5.97 Å². The Morgan fingerprint density at radius 1 is 0.480 bits per heavy atom. The van der Waals surface area contributed by atoms with E-state index in [1.165, 1.54) is 173 Å². The van der Waals surface area contributed by atoms with Crippen LogP contribution in [0.25, 0.3) is 0 Å². The van der Waals surface area contributed by atoms with Crippen LogP contribution in [-0.2, 0) is 9.53 Å². The Morgan fingerprint density at radius 2 is 0.820 bits per heavy atom. The summed E-state index contributed by atoms with van der Waals surface area (Å²) in [6.45, 7) is 13.5.